The first-order valence-corrected chi connectivity index (χ1v) is 13.5. The van der Waals surface area contributed by atoms with Crippen molar-refractivity contribution in [2.75, 3.05) is 33.7 Å². The van der Waals surface area contributed by atoms with Crippen LogP contribution in [0.1, 0.15) is 19.8 Å². The second kappa shape index (κ2) is 12.0. The molecule has 1 heterocycles. The lowest BCUT2D eigenvalue weighted by Crippen LogP contribution is -2.23. The monoisotopic (exact) mass is 536 g/mol. The minimum absolute atomic E-state index is 0.0737. The molecule has 0 spiro atoms. The number of benzene rings is 2. The topological polar surface area (TPSA) is 122 Å². The van der Waals surface area contributed by atoms with Crippen LogP contribution in [0.25, 0.3) is 10.2 Å². The molecular formula is C24H28N2O8S2. The summed E-state index contributed by atoms with van der Waals surface area (Å²) in [5.41, 5.74) is 0.624. The number of nitrogens with zero attached hydrogens (tertiary/aromatic N) is 2. The first-order valence-electron chi connectivity index (χ1n) is 11.1. The highest BCUT2D eigenvalue weighted by molar-refractivity contribution is 7.91. The molecule has 0 aliphatic heterocycles. The lowest BCUT2D eigenvalue weighted by atomic mass is 10.3. The Labute approximate surface area is 213 Å². The molecule has 10 nitrogen and oxygen atoms in total. The number of esters is 1. The fraction of sp³-hybridized carbons (Fsp3) is 0.375. The molecule has 1 aromatic heterocycles. The van der Waals surface area contributed by atoms with E-state index < -0.39 is 21.7 Å². The van der Waals surface area contributed by atoms with Crippen molar-refractivity contribution in [2.45, 2.75) is 31.2 Å². The summed E-state index contributed by atoms with van der Waals surface area (Å²) in [4.78, 5) is 29.5. The maximum absolute atomic E-state index is 12.7. The smallest absolute Gasteiger partial charge is 0.326 e. The number of sulfone groups is 1. The molecule has 0 radical (unpaired) electrons. The summed E-state index contributed by atoms with van der Waals surface area (Å²) in [5, 5.41) is 0. The van der Waals surface area contributed by atoms with Crippen LogP contribution in [0, 0.1) is 0 Å². The summed E-state index contributed by atoms with van der Waals surface area (Å²) in [6.45, 7) is 1.77. The summed E-state index contributed by atoms with van der Waals surface area (Å²) in [7, 11) is 0.951. The maximum atomic E-state index is 12.7. The van der Waals surface area contributed by atoms with Gasteiger partial charge in [0, 0.05) is 18.6 Å². The molecule has 12 heteroatoms. The van der Waals surface area contributed by atoms with Crippen LogP contribution in [-0.2, 0) is 30.7 Å². The summed E-state index contributed by atoms with van der Waals surface area (Å²) >= 11 is 1.20. The molecule has 3 rings (SSSR count). The zero-order valence-electron chi connectivity index (χ0n) is 20.5. The Morgan fingerprint density at radius 2 is 1.67 bits per heavy atom. The van der Waals surface area contributed by atoms with Gasteiger partial charge in [0.15, 0.2) is 26.1 Å². The Bertz CT molecular complexity index is 1410. The second-order valence-electron chi connectivity index (χ2n) is 7.55. The Morgan fingerprint density at radius 3 is 2.28 bits per heavy atom. The van der Waals surface area contributed by atoms with Crippen molar-refractivity contribution < 1.29 is 37.0 Å². The molecule has 36 heavy (non-hydrogen) atoms. The SMILES string of the molecule is CCOC(=O)Cn1c(=NC(=O)CCCS(=O)(=O)c2ccc(OC)cc2)sc2cc(OC)c(OC)cc21. The van der Waals surface area contributed by atoms with Crippen molar-refractivity contribution in [3.05, 3.63) is 41.2 Å². The second-order valence-corrected chi connectivity index (χ2v) is 10.7. The van der Waals surface area contributed by atoms with Crippen molar-refractivity contribution in [3.8, 4) is 17.2 Å². The van der Waals surface area contributed by atoms with E-state index in [4.69, 9.17) is 18.9 Å². The zero-order valence-corrected chi connectivity index (χ0v) is 22.1. The van der Waals surface area contributed by atoms with E-state index in [1.807, 2.05) is 0 Å². The number of hydrogen-bond donors (Lipinski definition) is 0. The van der Waals surface area contributed by atoms with Gasteiger partial charge in [-0.15, -0.1) is 0 Å². The van der Waals surface area contributed by atoms with Crippen molar-refractivity contribution in [2.24, 2.45) is 4.99 Å². The van der Waals surface area contributed by atoms with E-state index in [1.54, 1.807) is 35.8 Å². The number of fused-ring (bicyclic) bond motifs is 1. The van der Waals surface area contributed by atoms with Gasteiger partial charge in [0.1, 0.15) is 12.3 Å². The van der Waals surface area contributed by atoms with Crippen LogP contribution in [0.15, 0.2) is 46.3 Å². The number of ether oxygens (including phenoxy) is 4. The fourth-order valence-electron chi connectivity index (χ4n) is 3.45. The van der Waals surface area contributed by atoms with E-state index in [9.17, 15) is 18.0 Å². The van der Waals surface area contributed by atoms with E-state index in [-0.39, 0.29) is 41.4 Å². The lowest BCUT2D eigenvalue weighted by molar-refractivity contribution is -0.143. The van der Waals surface area contributed by atoms with Crippen LogP contribution in [0.3, 0.4) is 0 Å². The highest BCUT2D eigenvalue weighted by Crippen LogP contribution is 2.33. The molecule has 0 bridgehead atoms. The summed E-state index contributed by atoms with van der Waals surface area (Å²) < 4.78 is 48.3. The quantitative estimate of drug-likeness (QED) is 0.343. The highest BCUT2D eigenvalue weighted by Gasteiger charge is 2.17. The number of amides is 1. The fourth-order valence-corrected chi connectivity index (χ4v) is 5.82. The normalized spacial score (nSPS) is 11.9. The van der Waals surface area contributed by atoms with Crippen LogP contribution < -0.4 is 19.0 Å². The van der Waals surface area contributed by atoms with Crippen molar-refractivity contribution >= 4 is 43.3 Å². The van der Waals surface area contributed by atoms with Gasteiger partial charge >= 0.3 is 5.97 Å². The summed E-state index contributed by atoms with van der Waals surface area (Å²) in [5.74, 6) is 0.329. The van der Waals surface area contributed by atoms with Crippen LogP contribution in [-0.4, -0.2) is 58.6 Å². The van der Waals surface area contributed by atoms with Crippen molar-refractivity contribution in [3.63, 3.8) is 0 Å². The standard InChI is InChI=1S/C24H28N2O8S2/c1-5-34-23(28)15-26-18-13-19(32-3)20(33-4)14-21(18)35-24(26)25-22(27)7-6-12-36(29,30)17-10-8-16(31-2)9-11-17/h8-11,13-14H,5-7,12,15H2,1-4H3. The van der Waals surface area contributed by atoms with Crippen molar-refractivity contribution in [1.82, 2.24) is 4.57 Å². The molecule has 0 aliphatic rings. The Morgan fingerprint density at radius 1 is 1.00 bits per heavy atom. The van der Waals surface area contributed by atoms with E-state index in [0.29, 0.717) is 22.8 Å². The Balaban J connectivity index is 1.84. The predicted octanol–water partition coefficient (Wildman–Crippen LogP) is 2.97. The molecule has 0 N–H and O–H groups in total. The lowest BCUT2D eigenvalue weighted by Gasteiger charge is -2.09. The van der Waals surface area contributed by atoms with Gasteiger partial charge in [0.25, 0.3) is 0 Å². The van der Waals surface area contributed by atoms with Gasteiger partial charge in [0.05, 0.1) is 48.8 Å². The van der Waals surface area contributed by atoms with Crippen LogP contribution in [0.5, 0.6) is 17.2 Å². The van der Waals surface area contributed by atoms with Gasteiger partial charge in [-0.05, 0) is 37.6 Å². The van der Waals surface area contributed by atoms with Gasteiger partial charge in [-0.2, -0.15) is 4.99 Å². The predicted molar refractivity (Wildman–Crippen MR) is 134 cm³/mol. The van der Waals surface area contributed by atoms with E-state index in [2.05, 4.69) is 4.99 Å². The minimum atomic E-state index is -3.56. The van der Waals surface area contributed by atoms with Gasteiger partial charge in [-0.3, -0.25) is 9.59 Å². The van der Waals surface area contributed by atoms with Gasteiger partial charge in [-0.1, -0.05) is 11.3 Å². The number of thiazole rings is 1. The number of methoxy groups -OCH3 is 3. The molecule has 0 unspecified atom stereocenters. The number of rotatable bonds is 11. The molecule has 0 fully saturated rings. The van der Waals surface area contributed by atoms with Crippen LogP contribution in [0.2, 0.25) is 0 Å². The van der Waals surface area contributed by atoms with E-state index in [0.717, 1.165) is 4.70 Å². The molecule has 2 aromatic carbocycles. The molecular weight excluding hydrogens is 508 g/mol. The molecule has 0 aliphatic carbocycles. The van der Waals surface area contributed by atoms with Crippen molar-refractivity contribution in [1.29, 1.82) is 0 Å². The molecule has 194 valence electrons. The molecule has 0 atom stereocenters. The number of aromatic nitrogens is 1. The van der Waals surface area contributed by atoms with Crippen LogP contribution >= 0.6 is 11.3 Å². The largest absolute Gasteiger partial charge is 0.497 e. The Kier molecular flexibility index (Phi) is 9.10. The minimum Gasteiger partial charge on any atom is -0.497 e. The third kappa shape index (κ3) is 6.43. The zero-order chi connectivity index (χ0) is 26.3. The van der Waals surface area contributed by atoms with E-state index >= 15 is 0 Å². The first-order chi connectivity index (χ1) is 17.2. The number of carbonyl (C=O) groups excluding carboxylic acids is 2. The molecule has 1 amide bonds. The summed E-state index contributed by atoms with van der Waals surface area (Å²) in [6.07, 6.45) is 0.0246. The number of carbonyl (C=O) groups is 2. The maximum Gasteiger partial charge on any atom is 0.326 e. The van der Waals surface area contributed by atoms with Gasteiger partial charge < -0.3 is 23.5 Å². The molecule has 3 aromatic rings. The first kappa shape index (κ1) is 27.2. The number of hydrogen-bond acceptors (Lipinski definition) is 9. The van der Waals surface area contributed by atoms with E-state index in [1.165, 1.54) is 44.8 Å². The molecule has 0 saturated carbocycles. The summed E-state index contributed by atoms with van der Waals surface area (Å²) in [6, 6.07) is 9.53. The third-order valence-electron chi connectivity index (χ3n) is 5.22. The molecule has 0 saturated heterocycles. The third-order valence-corrected chi connectivity index (χ3v) is 8.08. The average Bonchev–Trinajstić information content (AvgIpc) is 3.18. The van der Waals surface area contributed by atoms with Gasteiger partial charge in [-0.25, -0.2) is 8.42 Å². The highest BCUT2D eigenvalue weighted by atomic mass is 32.2. The van der Waals surface area contributed by atoms with Gasteiger partial charge in [0.2, 0.25) is 5.91 Å². The average molecular weight is 537 g/mol. The van der Waals surface area contributed by atoms with Crippen LogP contribution in [0.4, 0.5) is 0 Å². The Hall–Kier alpha value is -3.38.